The molecule has 0 spiro atoms. The summed E-state index contributed by atoms with van der Waals surface area (Å²) in [5, 5.41) is 2.89. The number of nitrogens with zero attached hydrogens (tertiary/aromatic N) is 2. The predicted octanol–water partition coefficient (Wildman–Crippen LogP) is 5.05. The van der Waals surface area contributed by atoms with Crippen molar-refractivity contribution < 1.29 is 19.1 Å². The number of aromatic nitrogens is 2. The number of ether oxygens (including phenoxy) is 2. The standard InChI is InChI=1S/C30H35N5O4/c1-20-32-25-12-9-11-23(28(25)33-20)29(36)34-24-15-14-21(18-27(24)38-3)30(37)35(2)26-13-6-5-10-22(26)19-39-17-8-4-7-16-31/h5-6,9-15,18H,4,7-8,16-17,19,31H2,1-3H3,(H,32,33)(H,34,36). The highest BCUT2D eigenvalue weighted by molar-refractivity contribution is 6.12. The molecule has 0 saturated heterocycles. The van der Waals surface area contributed by atoms with Crippen LogP contribution in [0.15, 0.2) is 60.7 Å². The Morgan fingerprint density at radius 3 is 2.67 bits per heavy atom. The minimum atomic E-state index is -0.321. The van der Waals surface area contributed by atoms with Gasteiger partial charge in [0.05, 0.1) is 30.5 Å². The van der Waals surface area contributed by atoms with E-state index in [0.29, 0.717) is 47.8 Å². The number of carbonyl (C=O) groups excluding carboxylic acids is 2. The monoisotopic (exact) mass is 529 g/mol. The number of methoxy groups -OCH3 is 1. The molecule has 0 saturated carbocycles. The topological polar surface area (TPSA) is 123 Å². The number of hydrogen-bond acceptors (Lipinski definition) is 6. The van der Waals surface area contributed by atoms with Crippen LogP contribution in [-0.2, 0) is 11.3 Å². The van der Waals surface area contributed by atoms with Gasteiger partial charge in [-0.2, -0.15) is 0 Å². The Bertz CT molecular complexity index is 1450. The van der Waals surface area contributed by atoms with Gasteiger partial charge in [-0.1, -0.05) is 24.3 Å². The molecule has 204 valence electrons. The second-order valence-electron chi connectivity index (χ2n) is 9.29. The van der Waals surface area contributed by atoms with Crippen LogP contribution in [0.3, 0.4) is 0 Å². The van der Waals surface area contributed by atoms with E-state index in [4.69, 9.17) is 15.2 Å². The molecule has 3 aromatic carbocycles. The summed E-state index contributed by atoms with van der Waals surface area (Å²) in [6, 6.07) is 18.0. The van der Waals surface area contributed by atoms with Gasteiger partial charge in [0, 0.05) is 30.5 Å². The fourth-order valence-corrected chi connectivity index (χ4v) is 4.43. The van der Waals surface area contributed by atoms with Gasteiger partial charge in [0.1, 0.15) is 17.1 Å². The number of nitrogens with two attached hydrogens (primary N) is 1. The number of H-pyrrole nitrogens is 1. The molecule has 4 N–H and O–H groups in total. The van der Waals surface area contributed by atoms with E-state index in [1.54, 1.807) is 42.3 Å². The zero-order valence-corrected chi connectivity index (χ0v) is 22.6. The van der Waals surface area contributed by atoms with E-state index in [-0.39, 0.29) is 11.8 Å². The second kappa shape index (κ2) is 13.0. The molecule has 1 aromatic heterocycles. The molecule has 1 heterocycles. The molecule has 0 aliphatic rings. The number of para-hydroxylation sites is 2. The summed E-state index contributed by atoms with van der Waals surface area (Å²) >= 11 is 0. The highest BCUT2D eigenvalue weighted by Gasteiger charge is 2.20. The number of rotatable bonds is 12. The average Bonchev–Trinajstić information content (AvgIpc) is 3.34. The van der Waals surface area contributed by atoms with Crippen molar-refractivity contribution in [3.63, 3.8) is 0 Å². The van der Waals surface area contributed by atoms with E-state index >= 15 is 0 Å². The quantitative estimate of drug-likeness (QED) is 0.221. The fourth-order valence-electron chi connectivity index (χ4n) is 4.43. The lowest BCUT2D eigenvalue weighted by Gasteiger charge is -2.21. The normalized spacial score (nSPS) is 11.0. The van der Waals surface area contributed by atoms with Gasteiger partial charge in [-0.15, -0.1) is 0 Å². The number of fused-ring (bicyclic) bond motifs is 1. The molecular formula is C30H35N5O4. The van der Waals surface area contributed by atoms with Crippen molar-refractivity contribution in [3.8, 4) is 5.75 Å². The minimum absolute atomic E-state index is 0.210. The number of aromatic amines is 1. The minimum Gasteiger partial charge on any atom is -0.495 e. The largest absolute Gasteiger partial charge is 0.495 e. The van der Waals surface area contributed by atoms with Crippen molar-refractivity contribution in [1.29, 1.82) is 0 Å². The SMILES string of the molecule is COc1cc(C(=O)N(C)c2ccccc2COCCCCCN)ccc1NC(=O)c1cccc2[nH]c(C)nc12. The Balaban J connectivity index is 1.48. The number of hydrogen-bond donors (Lipinski definition) is 3. The first-order valence-electron chi connectivity index (χ1n) is 13.0. The maximum atomic E-state index is 13.4. The third kappa shape index (κ3) is 6.63. The van der Waals surface area contributed by atoms with Crippen LogP contribution >= 0.6 is 0 Å². The third-order valence-corrected chi connectivity index (χ3v) is 6.48. The van der Waals surface area contributed by atoms with E-state index in [1.165, 1.54) is 7.11 Å². The van der Waals surface area contributed by atoms with Crippen LogP contribution in [0.25, 0.3) is 11.0 Å². The van der Waals surface area contributed by atoms with Gasteiger partial charge in [0.2, 0.25) is 0 Å². The molecule has 39 heavy (non-hydrogen) atoms. The summed E-state index contributed by atoms with van der Waals surface area (Å²) in [6.45, 7) is 3.58. The molecule has 4 aromatic rings. The Morgan fingerprint density at radius 1 is 1.05 bits per heavy atom. The zero-order chi connectivity index (χ0) is 27.8. The van der Waals surface area contributed by atoms with Crippen molar-refractivity contribution in [3.05, 3.63) is 83.2 Å². The smallest absolute Gasteiger partial charge is 0.258 e. The Kier molecular flexibility index (Phi) is 9.30. The first-order chi connectivity index (χ1) is 18.9. The lowest BCUT2D eigenvalue weighted by Crippen LogP contribution is -2.27. The molecule has 0 unspecified atom stereocenters. The van der Waals surface area contributed by atoms with Gasteiger partial charge < -0.3 is 30.4 Å². The lowest BCUT2D eigenvalue weighted by molar-refractivity contribution is 0.0989. The summed E-state index contributed by atoms with van der Waals surface area (Å²) in [7, 11) is 3.23. The summed E-state index contributed by atoms with van der Waals surface area (Å²) in [5.74, 6) is 0.574. The predicted molar refractivity (Wildman–Crippen MR) is 154 cm³/mol. The third-order valence-electron chi connectivity index (χ3n) is 6.48. The van der Waals surface area contributed by atoms with Crippen LogP contribution in [0.2, 0.25) is 0 Å². The van der Waals surface area contributed by atoms with Gasteiger partial charge in [0.15, 0.2) is 0 Å². The van der Waals surface area contributed by atoms with Gasteiger partial charge in [0.25, 0.3) is 11.8 Å². The van der Waals surface area contributed by atoms with Gasteiger partial charge in [-0.25, -0.2) is 4.98 Å². The van der Waals surface area contributed by atoms with Gasteiger partial charge >= 0.3 is 0 Å². The van der Waals surface area contributed by atoms with Crippen LogP contribution < -0.4 is 20.7 Å². The van der Waals surface area contributed by atoms with Crippen LogP contribution in [0.4, 0.5) is 11.4 Å². The van der Waals surface area contributed by atoms with E-state index in [2.05, 4.69) is 15.3 Å². The molecule has 0 bridgehead atoms. The summed E-state index contributed by atoms with van der Waals surface area (Å²) < 4.78 is 11.4. The molecule has 0 radical (unpaired) electrons. The molecule has 0 fully saturated rings. The molecular weight excluding hydrogens is 494 g/mol. The summed E-state index contributed by atoms with van der Waals surface area (Å²) in [4.78, 5) is 35.7. The van der Waals surface area contributed by atoms with Gasteiger partial charge in [-0.3, -0.25) is 9.59 Å². The number of benzene rings is 3. The second-order valence-corrected chi connectivity index (χ2v) is 9.29. The Labute approximate surface area is 228 Å². The number of unbranched alkanes of at least 4 members (excludes halogenated alkanes) is 2. The van der Waals surface area contributed by atoms with E-state index in [1.807, 2.05) is 37.3 Å². The Morgan fingerprint density at radius 2 is 1.87 bits per heavy atom. The number of anilines is 2. The molecule has 0 aliphatic heterocycles. The number of amides is 2. The van der Waals surface area contributed by atoms with Crippen molar-refractivity contribution in [2.24, 2.45) is 5.73 Å². The zero-order valence-electron chi connectivity index (χ0n) is 22.6. The molecule has 2 amide bonds. The Hall–Kier alpha value is -4.21. The van der Waals surface area contributed by atoms with Crippen LogP contribution in [0.5, 0.6) is 5.75 Å². The summed E-state index contributed by atoms with van der Waals surface area (Å²) in [5.41, 5.74) is 9.94. The molecule has 0 atom stereocenters. The average molecular weight is 530 g/mol. The highest BCUT2D eigenvalue weighted by atomic mass is 16.5. The van der Waals surface area contributed by atoms with Crippen molar-refractivity contribution in [2.45, 2.75) is 32.8 Å². The molecule has 9 heteroatoms. The summed E-state index contributed by atoms with van der Waals surface area (Å²) in [6.07, 6.45) is 2.98. The molecule has 9 nitrogen and oxygen atoms in total. The molecule has 4 rings (SSSR count). The number of imidazole rings is 1. The first-order valence-corrected chi connectivity index (χ1v) is 13.0. The lowest BCUT2D eigenvalue weighted by atomic mass is 10.1. The maximum absolute atomic E-state index is 13.4. The number of nitrogens with one attached hydrogen (secondary N) is 2. The van der Waals surface area contributed by atoms with E-state index < -0.39 is 0 Å². The maximum Gasteiger partial charge on any atom is 0.258 e. The van der Waals surface area contributed by atoms with E-state index in [0.717, 1.165) is 41.9 Å². The number of aryl methyl sites for hydroxylation is 1. The van der Waals surface area contributed by atoms with E-state index in [9.17, 15) is 9.59 Å². The van der Waals surface area contributed by atoms with Crippen LogP contribution in [0, 0.1) is 6.92 Å². The number of carbonyl (C=O) groups is 2. The highest BCUT2D eigenvalue weighted by Crippen LogP contribution is 2.29. The first kappa shape index (κ1) is 27.8. The van der Waals surface area contributed by atoms with Crippen molar-refractivity contribution in [2.75, 3.05) is 37.5 Å². The van der Waals surface area contributed by atoms with Crippen molar-refractivity contribution in [1.82, 2.24) is 9.97 Å². The van der Waals surface area contributed by atoms with Crippen LogP contribution in [-0.4, -0.2) is 49.1 Å². The van der Waals surface area contributed by atoms with Crippen molar-refractivity contribution >= 4 is 34.2 Å². The van der Waals surface area contributed by atoms with Crippen LogP contribution in [0.1, 0.15) is 51.4 Å². The fraction of sp³-hybridized carbons (Fsp3) is 0.300. The molecule has 0 aliphatic carbocycles. The van der Waals surface area contributed by atoms with Gasteiger partial charge in [-0.05, 0) is 69.1 Å².